The van der Waals surface area contributed by atoms with Gasteiger partial charge in [-0.3, -0.25) is 0 Å². The highest BCUT2D eigenvalue weighted by atomic mass is 32.1. The molecule has 0 saturated carbocycles. The zero-order valence-electron chi connectivity index (χ0n) is 15.5. The SMILES string of the molecule is Cc1ccc(Nc2ncnc3scc(-c4ccc(C(C)C)cc4)c23)c(F)c1. The smallest absolute Gasteiger partial charge is 0.146 e. The number of fused-ring (bicyclic) bond motifs is 1. The fourth-order valence-corrected chi connectivity index (χ4v) is 3.99. The molecular formula is C22H20FN3S. The Morgan fingerprint density at radius 3 is 2.52 bits per heavy atom. The first-order valence-corrected chi connectivity index (χ1v) is 9.76. The van der Waals surface area contributed by atoms with E-state index in [1.54, 1.807) is 17.4 Å². The third-order valence-electron chi connectivity index (χ3n) is 4.64. The maximum absolute atomic E-state index is 14.3. The zero-order valence-corrected chi connectivity index (χ0v) is 16.3. The number of hydrogen-bond donors (Lipinski definition) is 1. The van der Waals surface area contributed by atoms with E-state index in [9.17, 15) is 4.39 Å². The van der Waals surface area contributed by atoms with Crippen molar-refractivity contribution in [3.8, 4) is 11.1 Å². The lowest BCUT2D eigenvalue weighted by atomic mass is 9.99. The van der Waals surface area contributed by atoms with E-state index in [0.29, 0.717) is 17.4 Å². The third kappa shape index (κ3) is 3.43. The molecule has 0 saturated heterocycles. The van der Waals surface area contributed by atoms with Gasteiger partial charge in [0.2, 0.25) is 0 Å². The van der Waals surface area contributed by atoms with Crippen molar-refractivity contribution in [3.05, 3.63) is 71.1 Å². The van der Waals surface area contributed by atoms with Crippen LogP contribution in [0.3, 0.4) is 0 Å². The van der Waals surface area contributed by atoms with Crippen molar-refractivity contribution in [3.63, 3.8) is 0 Å². The molecule has 0 radical (unpaired) electrons. The molecular weight excluding hydrogens is 357 g/mol. The summed E-state index contributed by atoms with van der Waals surface area (Å²) in [7, 11) is 0. The molecule has 3 nitrogen and oxygen atoms in total. The number of nitrogens with one attached hydrogen (secondary N) is 1. The fourth-order valence-electron chi connectivity index (χ4n) is 3.08. The Kier molecular flexibility index (Phi) is 4.62. The van der Waals surface area contributed by atoms with Crippen molar-refractivity contribution in [2.75, 3.05) is 5.32 Å². The third-order valence-corrected chi connectivity index (χ3v) is 5.52. The van der Waals surface area contributed by atoms with Crippen LogP contribution < -0.4 is 5.32 Å². The minimum atomic E-state index is -0.292. The number of benzene rings is 2. The first-order valence-electron chi connectivity index (χ1n) is 8.88. The Labute approximate surface area is 161 Å². The molecule has 2 aromatic heterocycles. The average Bonchev–Trinajstić information content (AvgIpc) is 3.09. The van der Waals surface area contributed by atoms with Crippen molar-refractivity contribution in [2.24, 2.45) is 0 Å². The van der Waals surface area contributed by atoms with Gasteiger partial charge in [0.05, 0.1) is 11.1 Å². The molecule has 136 valence electrons. The molecule has 5 heteroatoms. The Hall–Kier alpha value is -2.79. The van der Waals surface area contributed by atoms with Crippen LogP contribution in [0.15, 0.2) is 54.2 Å². The van der Waals surface area contributed by atoms with Gasteiger partial charge in [0.1, 0.15) is 22.8 Å². The van der Waals surface area contributed by atoms with E-state index >= 15 is 0 Å². The summed E-state index contributed by atoms with van der Waals surface area (Å²) in [6.07, 6.45) is 1.51. The van der Waals surface area contributed by atoms with Crippen LogP contribution in [0.1, 0.15) is 30.9 Å². The van der Waals surface area contributed by atoms with Gasteiger partial charge in [-0.05, 0) is 41.7 Å². The molecule has 0 unspecified atom stereocenters. The van der Waals surface area contributed by atoms with Crippen molar-refractivity contribution in [1.29, 1.82) is 0 Å². The normalized spacial score (nSPS) is 11.3. The Morgan fingerprint density at radius 2 is 1.81 bits per heavy atom. The minimum absolute atomic E-state index is 0.292. The number of aromatic nitrogens is 2. The monoisotopic (exact) mass is 377 g/mol. The van der Waals surface area contributed by atoms with Gasteiger partial charge in [-0.25, -0.2) is 14.4 Å². The minimum Gasteiger partial charge on any atom is -0.337 e. The second-order valence-electron chi connectivity index (χ2n) is 6.94. The van der Waals surface area contributed by atoms with E-state index in [0.717, 1.165) is 26.9 Å². The number of halogens is 1. The summed E-state index contributed by atoms with van der Waals surface area (Å²) in [6.45, 7) is 6.23. The summed E-state index contributed by atoms with van der Waals surface area (Å²) in [5, 5.41) is 6.15. The predicted octanol–water partition coefficient (Wildman–Crippen LogP) is 6.67. The zero-order chi connectivity index (χ0) is 19.0. The number of hydrogen-bond acceptors (Lipinski definition) is 4. The number of rotatable bonds is 4. The summed E-state index contributed by atoms with van der Waals surface area (Å²) in [5.74, 6) is 0.815. The standard InChI is InChI=1S/C22H20FN3S/c1-13(2)15-5-7-16(8-6-15)17-11-27-22-20(17)21(24-12-25-22)26-19-9-4-14(3)10-18(19)23/h4-13H,1-3H3,(H,24,25,26). The van der Waals surface area contributed by atoms with Crippen LogP contribution in [-0.2, 0) is 0 Å². The van der Waals surface area contributed by atoms with Gasteiger partial charge in [0.25, 0.3) is 0 Å². The summed E-state index contributed by atoms with van der Waals surface area (Å²) in [6, 6.07) is 13.7. The van der Waals surface area contributed by atoms with E-state index in [2.05, 4.69) is 58.8 Å². The molecule has 0 bridgehead atoms. The molecule has 2 heterocycles. The quantitative estimate of drug-likeness (QED) is 0.431. The molecule has 4 rings (SSSR count). The molecule has 0 atom stereocenters. The van der Waals surface area contributed by atoms with Crippen molar-refractivity contribution in [1.82, 2.24) is 9.97 Å². The molecule has 0 aliphatic heterocycles. The van der Waals surface area contributed by atoms with Crippen LogP contribution in [-0.4, -0.2) is 9.97 Å². The number of thiophene rings is 1. The lowest BCUT2D eigenvalue weighted by Gasteiger charge is -2.10. The Morgan fingerprint density at radius 1 is 1.04 bits per heavy atom. The van der Waals surface area contributed by atoms with Gasteiger partial charge in [0, 0.05) is 10.9 Å². The van der Waals surface area contributed by atoms with Crippen molar-refractivity contribution in [2.45, 2.75) is 26.7 Å². The van der Waals surface area contributed by atoms with Gasteiger partial charge in [-0.1, -0.05) is 44.2 Å². The van der Waals surface area contributed by atoms with Crippen LogP contribution in [0.25, 0.3) is 21.3 Å². The van der Waals surface area contributed by atoms with Gasteiger partial charge in [-0.2, -0.15) is 0 Å². The highest BCUT2D eigenvalue weighted by molar-refractivity contribution is 7.17. The Bertz CT molecular complexity index is 1100. The number of aryl methyl sites for hydroxylation is 1. The van der Waals surface area contributed by atoms with E-state index in [1.165, 1.54) is 18.0 Å². The fraction of sp³-hybridized carbons (Fsp3) is 0.182. The van der Waals surface area contributed by atoms with Gasteiger partial charge in [0.15, 0.2) is 0 Å². The number of anilines is 2. The summed E-state index contributed by atoms with van der Waals surface area (Å²) in [4.78, 5) is 9.65. The molecule has 0 amide bonds. The predicted molar refractivity (Wildman–Crippen MR) is 111 cm³/mol. The summed E-state index contributed by atoms with van der Waals surface area (Å²) < 4.78 is 14.3. The summed E-state index contributed by atoms with van der Waals surface area (Å²) >= 11 is 1.57. The van der Waals surface area contributed by atoms with Crippen LogP contribution in [0.2, 0.25) is 0 Å². The lowest BCUT2D eigenvalue weighted by molar-refractivity contribution is 0.630. The molecule has 1 N–H and O–H groups in total. The van der Waals surface area contributed by atoms with E-state index in [1.807, 2.05) is 13.0 Å². The second kappa shape index (κ2) is 7.08. The maximum Gasteiger partial charge on any atom is 0.146 e. The topological polar surface area (TPSA) is 37.8 Å². The van der Waals surface area contributed by atoms with Crippen molar-refractivity contribution < 1.29 is 4.39 Å². The highest BCUT2D eigenvalue weighted by Gasteiger charge is 2.15. The van der Waals surface area contributed by atoms with Crippen LogP contribution in [0, 0.1) is 12.7 Å². The largest absolute Gasteiger partial charge is 0.337 e. The van der Waals surface area contributed by atoms with Gasteiger partial charge < -0.3 is 5.32 Å². The van der Waals surface area contributed by atoms with Crippen LogP contribution >= 0.6 is 11.3 Å². The van der Waals surface area contributed by atoms with Crippen LogP contribution in [0.5, 0.6) is 0 Å². The maximum atomic E-state index is 14.3. The van der Waals surface area contributed by atoms with Gasteiger partial charge in [-0.15, -0.1) is 11.3 Å². The lowest BCUT2D eigenvalue weighted by Crippen LogP contribution is -1.98. The first-order chi connectivity index (χ1) is 13.0. The van der Waals surface area contributed by atoms with E-state index in [-0.39, 0.29) is 5.82 Å². The molecule has 27 heavy (non-hydrogen) atoms. The van der Waals surface area contributed by atoms with Crippen molar-refractivity contribution >= 4 is 33.1 Å². The van der Waals surface area contributed by atoms with Gasteiger partial charge >= 0.3 is 0 Å². The van der Waals surface area contributed by atoms with Crippen LogP contribution in [0.4, 0.5) is 15.9 Å². The first kappa shape index (κ1) is 17.6. The highest BCUT2D eigenvalue weighted by Crippen LogP contribution is 2.38. The summed E-state index contributed by atoms with van der Waals surface area (Å²) in [5.41, 5.74) is 4.75. The Balaban J connectivity index is 1.79. The van der Waals surface area contributed by atoms with E-state index in [4.69, 9.17) is 0 Å². The molecule has 0 spiro atoms. The average molecular weight is 377 g/mol. The molecule has 2 aromatic carbocycles. The second-order valence-corrected chi connectivity index (χ2v) is 7.79. The van der Waals surface area contributed by atoms with E-state index < -0.39 is 0 Å². The molecule has 0 fully saturated rings. The molecule has 0 aliphatic rings. The molecule has 4 aromatic rings. The molecule has 0 aliphatic carbocycles. The number of nitrogens with zero attached hydrogens (tertiary/aromatic N) is 2.